The van der Waals surface area contributed by atoms with Gasteiger partial charge in [0.2, 0.25) is 0 Å². The van der Waals surface area contributed by atoms with Crippen molar-refractivity contribution in [2.24, 2.45) is 0 Å². The smallest absolute Gasteiger partial charge is 0.275 e. The van der Waals surface area contributed by atoms with Crippen molar-refractivity contribution in [1.82, 2.24) is 4.98 Å². The molecule has 0 spiro atoms. The molecule has 0 unspecified atom stereocenters. The Hall–Kier alpha value is -3.46. The second-order valence-electron chi connectivity index (χ2n) is 6.43. The second kappa shape index (κ2) is 6.69. The van der Waals surface area contributed by atoms with E-state index in [9.17, 15) is 10.1 Å². The van der Waals surface area contributed by atoms with Crippen molar-refractivity contribution >= 4 is 22.5 Å². The van der Waals surface area contributed by atoms with Gasteiger partial charge in [-0.2, -0.15) is 5.26 Å². The first-order valence-corrected chi connectivity index (χ1v) is 8.70. The van der Waals surface area contributed by atoms with Crippen molar-refractivity contribution in [2.45, 2.75) is 12.8 Å². The molecule has 0 bridgehead atoms. The highest BCUT2D eigenvalue weighted by Gasteiger charge is 2.29. The Bertz CT molecular complexity index is 1080. The van der Waals surface area contributed by atoms with Crippen molar-refractivity contribution in [3.05, 3.63) is 53.2 Å². The number of carbonyl (C=O) groups excluding carboxylic acids is 1. The molecule has 0 radical (unpaired) electrons. The maximum Gasteiger partial charge on any atom is 0.275 e. The van der Waals surface area contributed by atoms with Gasteiger partial charge in [-0.15, -0.1) is 0 Å². The molecule has 0 fully saturated rings. The molecule has 0 saturated carbocycles. The summed E-state index contributed by atoms with van der Waals surface area (Å²) < 4.78 is 10.6. The fourth-order valence-corrected chi connectivity index (χ4v) is 3.65. The number of methoxy groups -OCH3 is 2. The van der Waals surface area contributed by atoms with Crippen LogP contribution in [0.25, 0.3) is 10.9 Å². The first kappa shape index (κ1) is 17.0. The standard InChI is InChI=1S/C21H19N3O3/c1-26-14-4-6-19-13(11-14)8-10-24(19)21(25)20-16(7-9-22)17-12-15(27-2)3-5-18(17)23-20/h3-6,11-12,23H,7-8,10H2,1-2H3. The van der Waals surface area contributed by atoms with Gasteiger partial charge in [0.25, 0.3) is 5.91 Å². The van der Waals surface area contributed by atoms with Crippen LogP contribution in [0.5, 0.6) is 11.5 Å². The number of rotatable bonds is 4. The van der Waals surface area contributed by atoms with Gasteiger partial charge in [-0.3, -0.25) is 4.79 Å². The largest absolute Gasteiger partial charge is 0.497 e. The number of ether oxygens (including phenoxy) is 2. The molecule has 0 aliphatic carbocycles. The number of hydrogen-bond donors (Lipinski definition) is 1. The van der Waals surface area contributed by atoms with Crippen LogP contribution >= 0.6 is 0 Å². The van der Waals surface area contributed by atoms with Crippen LogP contribution < -0.4 is 14.4 Å². The molecule has 1 aliphatic rings. The summed E-state index contributed by atoms with van der Waals surface area (Å²) in [4.78, 5) is 18.3. The first-order valence-electron chi connectivity index (χ1n) is 8.70. The molecular weight excluding hydrogens is 342 g/mol. The molecule has 2 heterocycles. The lowest BCUT2D eigenvalue weighted by atomic mass is 10.1. The van der Waals surface area contributed by atoms with Crippen molar-refractivity contribution in [1.29, 1.82) is 5.26 Å². The van der Waals surface area contributed by atoms with Gasteiger partial charge in [-0.25, -0.2) is 0 Å². The number of nitrogens with one attached hydrogen (secondary N) is 1. The molecule has 2 aromatic carbocycles. The average Bonchev–Trinajstić information content (AvgIpc) is 3.28. The van der Waals surface area contributed by atoms with Crippen LogP contribution in [0.2, 0.25) is 0 Å². The van der Waals surface area contributed by atoms with Gasteiger partial charge >= 0.3 is 0 Å². The Morgan fingerprint density at radius 2 is 1.93 bits per heavy atom. The number of nitriles is 1. The molecular formula is C21H19N3O3. The molecule has 136 valence electrons. The number of H-pyrrole nitrogens is 1. The summed E-state index contributed by atoms with van der Waals surface area (Å²) in [7, 11) is 3.23. The minimum absolute atomic E-state index is 0.126. The number of nitrogens with zero attached hydrogens (tertiary/aromatic N) is 2. The summed E-state index contributed by atoms with van der Waals surface area (Å²) in [6, 6.07) is 13.5. The number of benzene rings is 2. The fourth-order valence-electron chi connectivity index (χ4n) is 3.65. The highest BCUT2D eigenvalue weighted by Crippen LogP contribution is 2.34. The third-order valence-corrected chi connectivity index (χ3v) is 5.01. The Kier molecular flexibility index (Phi) is 4.21. The molecule has 0 atom stereocenters. The van der Waals surface area contributed by atoms with Gasteiger partial charge in [0, 0.05) is 28.7 Å². The molecule has 27 heavy (non-hydrogen) atoms. The number of carbonyl (C=O) groups is 1. The Morgan fingerprint density at radius 3 is 2.67 bits per heavy atom. The van der Waals surface area contributed by atoms with E-state index >= 15 is 0 Å². The number of hydrogen-bond acceptors (Lipinski definition) is 4. The number of aromatic nitrogens is 1. The quantitative estimate of drug-likeness (QED) is 0.772. The molecule has 6 nitrogen and oxygen atoms in total. The molecule has 4 rings (SSSR count). The summed E-state index contributed by atoms with van der Waals surface area (Å²) >= 11 is 0. The van der Waals surface area contributed by atoms with Gasteiger partial charge in [0.15, 0.2) is 0 Å². The topological polar surface area (TPSA) is 78.3 Å². The second-order valence-corrected chi connectivity index (χ2v) is 6.43. The van der Waals surface area contributed by atoms with Crippen LogP contribution in [0, 0.1) is 11.3 Å². The summed E-state index contributed by atoms with van der Waals surface area (Å²) in [5.74, 6) is 1.35. The predicted octanol–water partition coefficient (Wildman–Crippen LogP) is 3.45. The van der Waals surface area contributed by atoms with E-state index in [0.717, 1.165) is 34.3 Å². The van der Waals surface area contributed by atoms with Crippen LogP contribution in [0.3, 0.4) is 0 Å². The lowest BCUT2D eigenvalue weighted by Gasteiger charge is -2.17. The zero-order valence-electron chi connectivity index (χ0n) is 15.2. The Balaban J connectivity index is 1.78. The normalized spacial score (nSPS) is 12.7. The van der Waals surface area contributed by atoms with E-state index in [-0.39, 0.29) is 12.3 Å². The van der Waals surface area contributed by atoms with E-state index < -0.39 is 0 Å². The third kappa shape index (κ3) is 2.77. The summed E-state index contributed by atoms with van der Waals surface area (Å²) in [5.41, 5.74) is 3.96. The molecule has 6 heteroatoms. The van der Waals surface area contributed by atoms with Crippen LogP contribution in [0.15, 0.2) is 36.4 Å². The molecule has 0 saturated heterocycles. The molecule has 3 aromatic rings. The number of aromatic amines is 1. The monoisotopic (exact) mass is 361 g/mol. The van der Waals surface area contributed by atoms with E-state index in [1.807, 2.05) is 36.4 Å². The Labute approximate surface area is 156 Å². The number of amides is 1. The summed E-state index contributed by atoms with van der Waals surface area (Å²) in [5, 5.41) is 10.1. The van der Waals surface area contributed by atoms with Gasteiger partial charge in [0.05, 0.1) is 26.7 Å². The van der Waals surface area contributed by atoms with Crippen molar-refractivity contribution in [2.75, 3.05) is 25.7 Å². The number of fused-ring (bicyclic) bond motifs is 2. The predicted molar refractivity (Wildman–Crippen MR) is 103 cm³/mol. The van der Waals surface area contributed by atoms with E-state index in [2.05, 4.69) is 11.1 Å². The maximum absolute atomic E-state index is 13.3. The van der Waals surface area contributed by atoms with Crippen molar-refractivity contribution in [3.63, 3.8) is 0 Å². The van der Waals surface area contributed by atoms with E-state index in [4.69, 9.17) is 9.47 Å². The Morgan fingerprint density at radius 1 is 1.19 bits per heavy atom. The van der Waals surface area contributed by atoms with Crippen molar-refractivity contribution in [3.8, 4) is 17.6 Å². The van der Waals surface area contributed by atoms with Gasteiger partial charge in [0.1, 0.15) is 17.2 Å². The summed E-state index contributed by atoms with van der Waals surface area (Å²) in [6.07, 6.45) is 0.928. The first-order chi connectivity index (χ1) is 13.2. The van der Waals surface area contributed by atoms with E-state index in [1.165, 1.54) is 0 Å². The zero-order valence-corrected chi connectivity index (χ0v) is 15.2. The van der Waals surface area contributed by atoms with Gasteiger partial charge < -0.3 is 19.4 Å². The molecule has 1 aromatic heterocycles. The van der Waals surface area contributed by atoms with Gasteiger partial charge in [-0.05, 0) is 48.4 Å². The number of anilines is 1. The van der Waals surface area contributed by atoms with Gasteiger partial charge in [-0.1, -0.05) is 0 Å². The average molecular weight is 361 g/mol. The third-order valence-electron chi connectivity index (χ3n) is 5.01. The van der Waals surface area contributed by atoms with Crippen LogP contribution in [-0.2, 0) is 12.8 Å². The van der Waals surface area contributed by atoms with E-state index in [0.29, 0.717) is 23.6 Å². The van der Waals surface area contributed by atoms with Crippen LogP contribution in [-0.4, -0.2) is 31.7 Å². The lowest BCUT2D eigenvalue weighted by Crippen LogP contribution is -2.29. The maximum atomic E-state index is 13.3. The molecule has 1 amide bonds. The van der Waals surface area contributed by atoms with E-state index in [1.54, 1.807) is 19.1 Å². The van der Waals surface area contributed by atoms with Crippen molar-refractivity contribution < 1.29 is 14.3 Å². The zero-order chi connectivity index (χ0) is 19.0. The molecule has 1 aliphatic heterocycles. The molecule has 1 N–H and O–H groups in total. The lowest BCUT2D eigenvalue weighted by molar-refractivity contribution is 0.0984. The minimum Gasteiger partial charge on any atom is -0.497 e. The van der Waals surface area contributed by atoms with Crippen LogP contribution in [0.1, 0.15) is 21.6 Å². The summed E-state index contributed by atoms with van der Waals surface area (Å²) in [6.45, 7) is 0.603. The highest BCUT2D eigenvalue weighted by atomic mass is 16.5. The SMILES string of the molecule is COc1ccc2c(c1)CCN2C(=O)c1[nH]c2ccc(OC)cc2c1CC#N. The van der Waals surface area contributed by atoms with Crippen LogP contribution in [0.4, 0.5) is 5.69 Å². The fraction of sp³-hybridized carbons (Fsp3) is 0.238. The highest BCUT2D eigenvalue weighted by molar-refractivity contribution is 6.10. The minimum atomic E-state index is -0.126.